The Morgan fingerprint density at radius 1 is 1.20 bits per heavy atom. The minimum absolute atomic E-state index is 0.0210. The molecule has 0 aliphatic carbocycles. The number of hydrogen-bond acceptors (Lipinski definition) is 6. The Labute approximate surface area is 188 Å². The van der Waals surface area contributed by atoms with E-state index in [9.17, 15) is 14.4 Å². The molecule has 1 atom stereocenters. The van der Waals surface area contributed by atoms with Crippen molar-refractivity contribution < 1.29 is 14.4 Å². The van der Waals surface area contributed by atoms with Gasteiger partial charge in [-0.25, -0.2) is 4.98 Å². The highest BCUT2D eigenvalue weighted by molar-refractivity contribution is 8.14. The molecule has 158 valence electrons. The third-order valence-corrected chi connectivity index (χ3v) is 7.88. The zero-order valence-electron chi connectivity index (χ0n) is 16.3. The van der Waals surface area contributed by atoms with Gasteiger partial charge in [-0.2, -0.15) is 0 Å². The summed E-state index contributed by atoms with van der Waals surface area (Å²) in [6, 6.07) is 7.02. The van der Waals surface area contributed by atoms with E-state index in [0.29, 0.717) is 36.6 Å². The fourth-order valence-electron chi connectivity index (χ4n) is 3.73. The summed E-state index contributed by atoms with van der Waals surface area (Å²) >= 11 is 8.91. The highest BCUT2D eigenvalue weighted by Crippen LogP contribution is 2.31. The van der Waals surface area contributed by atoms with E-state index in [1.165, 1.54) is 23.1 Å². The van der Waals surface area contributed by atoms with Crippen LogP contribution in [0.2, 0.25) is 5.02 Å². The number of carbonyl (C=O) groups is 3. The molecule has 1 N–H and O–H groups in total. The molecule has 0 radical (unpaired) electrons. The lowest BCUT2D eigenvalue weighted by molar-refractivity contribution is -0.131. The van der Waals surface area contributed by atoms with Crippen molar-refractivity contribution in [2.75, 3.05) is 18.8 Å². The standard InChI is InChI=1S/C21H22ClN3O3S2/c22-15-4-2-1-3-14(15)11-18(26)25-8-5-13(6-9-25)20-24-17(12-30-20)19(27)23-16-7-10-29-21(16)28/h1-4,12-13,16H,5-11H2,(H,23,27). The number of halogens is 1. The van der Waals surface area contributed by atoms with Crippen LogP contribution in [0.1, 0.15) is 46.2 Å². The number of benzene rings is 1. The summed E-state index contributed by atoms with van der Waals surface area (Å²) < 4.78 is 0. The summed E-state index contributed by atoms with van der Waals surface area (Å²) in [5, 5.41) is 6.10. The minimum atomic E-state index is -0.403. The smallest absolute Gasteiger partial charge is 0.271 e. The summed E-state index contributed by atoms with van der Waals surface area (Å²) in [7, 11) is 0. The average molecular weight is 464 g/mol. The molecule has 2 aromatic rings. The van der Waals surface area contributed by atoms with Crippen molar-refractivity contribution >= 4 is 51.6 Å². The summed E-state index contributed by atoms with van der Waals surface area (Å²) in [6.07, 6.45) is 2.62. The summed E-state index contributed by atoms with van der Waals surface area (Å²) in [5.41, 5.74) is 1.22. The van der Waals surface area contributed by atoms with Crippen LogP contribution >= 0.6 is 34.7 Å². The molecule has 2 aliphatic heterocycles. The molecule has 1 aromatic heterocycles. The lowest BCUT2D eigenvalue weighted by Gasteiger charge is -2.31. The van der Waals surface area contributed by atoms with Gasteiger partial charge in [0.25, 0.3) is 5.91 Å². The van der Waals surface area contributed by atoms with Crippen molar-refractivity contribution in [2.24, 2.45) is 0 Å². The second kappa shape index (κ2) is 9.49. The average Bonchev–Trinajstić information content (AvgIpc) is 3.39. The van der Waals surface area contributed by atoms with Gasteiger partial charge in [-0.3, -0.25) is 14.4 Å². The maximum Gasteiger partial charge on any atom is 0.271 e. The van der Waals surface area contributed by atoms with Crippen molar-refractivity contribution in [3.05, 3.63) is 50.9 Å². The number of thioether (sulfide) groups is 1. The van der Waals surface area contributed by atoms with E-state index in [0.717, 1.165) is 29.2 Å². The molecule has 1 aromatic carbocycles. The predicted molar refractivity (Wildman–Crippen MR) is 119 cm³/mol. The number of rotatable bonds is 5. The first-order valence-corrected chi connectivity index (χ1v) is 12.2. The lowest BCUT2D eigenvalue weighted by atomic mass is 9.97. The van der Waals surface area contributed by atoms with Crippen LogP contribution in [-0.4, -0.2) is 51.7 Å². The Kier molecular flexibility index (Phi) is 6.75. The number of nitrogens with zero attached hydrogens (tertiary/aromatic N) is 2. The van der Waals surface area contributed by atoms with Crippen molar-refractivity contribution in [1.29, 1.82) is 0 Å². The Hall–Kier alpha value is -1.90. The van der Waals surface area contributed by atoms with Gasteiger partial charge >= 0.3 is 0 Å². The Bertz CT molecular complexity index is 956. The second-order valence-corrected chi connectivity index (χ2v) is 9.87. The zero-order valence-corrected chi connectivity index (χ0v) is 18.7. The van der Waals surface area contributed by atoms with Gasteiger partial charge in [-0.15, -0.1) is 11.3 Å². The maximum atomic E-state index is 12.6. The Balaban J connectivity index is 1.30. The summed E-state index contributed by atoms with van der Waals surface area (Å²) in [6.45, 7) is 1.34. The third kappa shape index (κ3) is 4.87. The van der Waals surface area contributed by atoms with Crippen LogP contribution in [0, 0.1) is 0 Å². The highest BCUT2D eigenvalue weighted by atomic mass is 35.5. The van der Waals surface area contributed by atoms with Crippen LogP contribution in [0.25, 0.3) is 0 Å². The largest absolute Gasteiger partial charge is 0.342 e. The molecule has 2 amide bonds. The molecule has 2 saturated heterocycles. The van der Waals surface area contributed by atoms with Gasteiger partial charge in [0, 0.05) is 35.2 Å². The van der Waals surface area contributed by atoms with E-state index in [1.807, 2.05) is 23.1 Å². The molecular weight excluding hydrogens is 442 g/mol. The number of nitrogens with one attached hydrogen (secondary N) is 1. The Morgan fingerprint density at radius 3 is 2.67 bits per heavy atom. The summed E-state index contributed by atoms with van der Waals surface area (Å²) in [4.78, 5) is 43.1. The van der Waals surface area contributed by atoms with E-state index in [4.69, 9.17) is 11.6 Å². The molecular formula is C21H22ClN3O3S2. The molecule has 0 bridgehead atoms. The van der Waals surface area contributed by atoms with Crippen LogP contribution in [0.5, 0.6) is 0 Å². The minimum Gasteiger partial charge on any atom is -0.342 e. The van der Waals surface area contributed by atoms with Crippen LogP contribution in [0.3, 0.4) is 0 Å². The normalized spacial score (nSPS) is 19.8. The molecule has 9 heteroatoms. The van der Waals surface area contributed by atoms with Crippen LogP contribution < -0.4 is 5.32 Å². The first-order chi connectivity index (χ1) is 14.5. The molecule has 1 unspecified atom stereocenters. The molecule has 6 nitrogen and oxygen atoms in total. The van der Waals surface area contributed by atoms with Gasteiger partial charge in [0.15, 0.2) is 0 Å². The van der Waals surface area contributed by atoms with Gasteiger partial charge in [0.2, 0.25) is 11.0 Å². The van der Waals surface area contributed by atoms with Crippen LogP contribution in [0.4, 0.5) is 0 Å². The number of hydrogen-bond donors (Lipinski definition) is 1. The SMILES string of the molecule is O=C(NC1CCSC1=O)c1csc(C2CCN(C(=O)Cc3ccccc3Cl)CC2)n1. The molecule has 3 heterocycles. The predicted octanol–water partition coefficient (Wildman–Crippen LogP) is 3.51. The van der Waals surface area contributed by atoms with Gasteiger partial charge in [0.05, 0.1) is 17.5 Å². The van der Waals surface area contributed by atoms with Crippen molar-refractivity contribution in [2.45, 2.75) is 37.6 Å². The molecule has 30 heavy (non-hydrogen) atoms. The second-order valence-electron chi connectivity index (χ2n) is 7.48. The molecule has 0 spiro atoms. The lowest BCUT2D eigenvalue weighted by Crippen LogP contribution is -2.39. The van der Waals surface area contributed by atoms with Crippen LogP contribution in [0.15, 0.2) is 29.6 Å². The van der Waals surface area contributed by atoms with Crippen molar-refractivity contribution in [3.63, 3.8) is 0 Å². The van der Waals surface area contributed by atoms with E-state index < -0.39 is 6.04 Å². The fourth-order valence-corrected chi connectivity index (χ4v) is 5.84. The van der Waals surface area contributed by atoms with Crippen LogP contribution in [-0.2, 0) is 16.0 Å². The van der Waals surface area contributed by atoms with E-state index in [-0.39, 0.29) is 22.8 Å². The molecule has 4 rings (SSSR count). The first-order valence-electron chi connectivity index (χ1n) is 9.95. The van der Waals surface area contributed by atoms with Gasteiger partial charge in [0.1, 0.15) is 5.69 Å². The first kappa shape index (κ1) is 21.3. The molecule has 2 fully saturated rings. The number of piperidine rings is 1. The van der Waals surface area contributed by atoms with E-state index in [1.54, 1.807) is 11.4 Å². The highest BCUT2D eigenvalue weighted by Gasteiger charge is 2.29. The number of carbonyl (C=O) groups excluding carboxylic acids is 3. The quantitative estimate of drug-likeness (QED) is 0.734. The molecule has 0 saturated carbocycles. The monoisotopic (exact) mass is 463 g/mol. The topological polar surface area (TPSA) is 79.4 Å². The van der Waals surface area contributed by atoms with Gasteiger partial charge < -0.3 is 10.2 Å². The Morgan fingerprint density at radius 2 is 1.97 bits per heavy atom. The molecule has 2 aliphatic rings. The fraction of sp³-hybridized carbons (Fsp3) is 0.429. The van der Waals surface area contributed by atoms with Gasteiger partial charge in [-0.1, -0.05) is 41.6 Å². The number of aromatic nitrogens is 1. The van der Waals surface area contributed by atoms with E-state index in [2.05, 4.69) is 10.3 Å². The van der Waals surface area contributed by atoms with Gasteiger partial charge in [-0.05, 0) is 30.9 Å². The third-order valence-electron chi connectivity index (χ3n) is 5.49. The summed E-state index contributed by atoms with van der Waals surface area (Å²) in [5.74, 6) is 0.787. The van der Waals surface area contributed by atoms with E-state index >= 15 is 0 Å². The van der Waals surface area contributed by atoms with Crippen molar-refractivity contribution in [1.82, 2.24) is 15.2 Å². The number of likely N-dealkylation sites (tertiary alicyclic amines) is 1. The zero-order chi connectivity index (χ0) is 21.1. The number of thiazole rings is 1. The maximum absolute atomic E-state index is 12.6. The van der Waals surface area contributed by atoms with Crippen molar-refractivity contribution in [3.8, 4) is 0 Å². The number of amides is 2.